The molecule has 29 heavy (non-hydrogen) atoms. The van der Waals surface area contributed by atoms with Crippen molar-refractivity contribution in [2.24, 2.45) is 0 Å². The molecule has 0 amide bonds. The molecule has 5 nitrogen and oxygen atoms in total. The zero-order valence-corrected chi connectivity index (χ0v) is 21.4. The molecule has 0 bridgehead atoms. The highest BCUT2D eigenvalue weighted by Gasteiger charge is 2.25. The van der Waals surface area contributed by atoms with Crippen molar-refractivity contribution in [2.75, 3.05) is 20.3 Å². The Kier molecular flexibility index (Phi) is 9.23. The summed E-state index contributed by atoms with van der Waals surface area (Å²) >= 11 is 7.13. The molecule has 0 fully saturated rings. The summed E-state index contributed by atoms with van der Waals surface area (Å²) in [5.74, 6) is 2.48. The molecule has 0 spiro atoms. The Morgan fingerprint density at radius 2 is 1.59 bits per heavy atom. The Bertz CT molecular complexity index is 852. The van der Waals surface area contributed by atoms with Crippen molar-refractivity contribution in [3.8, 4) is 17.2 Å². The molecule has 0 saturated carbocycles. The molecule has 8 heteroatoms. The second-order valence-electron chi connectivity index (χ2n) is 6.65. The number of hydrogen-bond acceptors (Lipinski definition) is 5. The van der Waals surface area contributed by atoms with E-state index in [2.05, 4.69) is 45.7 Å². The van der Waals surface area contributed by atoms with Gasteiger partial charge in [-0.2, -0.15) is 0 Å². The van der Waals surface area contributed by atoms with E-state index in [-0.39, 0.29) is 6.16 Å². The Morgan fingerprint density at radius 1 is 1.00 bits per heavy atom. The SMILES string of the molecule is CCOP(=O)(Cc1cc(Br)c(Oc2ccc(OC)c(C(C)C)c2)c(Br)c1)OCC. The molecule has 0 N–H and O–H groups in total. The molecule has 0 aliphatic heterocycles. The fraction of sp³-hybridized carbons (Fsp3) is 0.429. The molecule has 0 aliphatic rings. The highest BCUT2D eigenvalue weighted by atomic mass is 79.9. The summed E-state index contributed by atoms with van der Waals surface area (Å²) in [6.45, 7) is 8.48. The van der Waals surface area contributed by atoms with Gasteiger partial charge in [0.25, 0.3) is 0 Å². The van der Waals surface area contributed by atoms with Crippen LogP contribution in [0.25, 0.3) is 0 Å². The van der Waals surface area contributed by atoms with Gasteiger partial charge in [0.05, 0.1) is 35.4 Å². The summed E-state index contributed by atoms with van der Waals surface area (Å²) in [6.07, 6.45) is 0.187. The number of halogens is 2. The molecule has 0 radical (unpaired) electrons. The van der Waals surface area contributed by atoms with E-state index in [9.17, 15) is 4.57 Å². The van der Waals surface area contributed by atoms with Gasteiger partial charge in [-0.15, -0.1) is 0 Å². The standard InChI is InChI=1S/C21H27Br2O5P/c1-6-26-29(24,27-7-2)13-15-10-18(22)21(19(23)11-15)28-16-8-9-20(25-5)17(12-16)14(3)4/h8-12,14H,6-7,13H2,1-5H3. The monoisotopic (exact) mass is 548 g/mol. The molecular formula is C21H27Br2O5P. The van der Waals surface area contributed by atoms with Crippen LogP contribution in [0.1, 0.15) is 44.7 Å². The molecular weight excluding hydrogens is 523 g/mol. The first-order chi connectivity index (χ1) is 13.7. The number of hydrogen-bond donors (Lipinski definition) is 0. The van der Waals surface area contributed by atoms with E-state index in [1.165, 1.54) is 0 Å². The quantitative estimate of drug-likeness (QED) is 0.282. The van der Waals surface area contributed by atoms with E-state index in [0.29, 0.717) is 30.6 Å². The molecule has 160 valence electrons. The third-order valence-corrected chi connectivity index (χ3v) is 7.36. The highest BCUT2D eigenvalue weighted by molar-refractivity contribution is 9.11. The van der Waals surface area contributed by atoms with Crippen LogP contribution in [0.5, 0.6) is 17.2 Å². The second kappa shape index (κ2) is 11.0. The smallest absolute Gasteiger partial charge is 0.335 e. The van der Waals surface area contributed by atoms with Gasteiger partial charge in [0.2, 0.25) is 0 Å². The van der Waals surface area contributed by atoms with E-state index >= 15 is 0 Å². The van der Waals surface area contributed by atoms with E-state index in [1.807, 2.05) is 30.3 Å². The van der Waals surface area contributed by atoms with Gasteiger partial charge in [-0.05, 0) is 87.5 Å². The maximum atomic E-state index is 12.8. The molecule has 0 atom stereocenters. The van der Waals surface area contributed by atoms with Crippen molar-refractivity contribution in [1.82, 2.24) is 0 Å². The maximum Gasteiger partial charge on any atom is 0.335 e. The third kappa shape index (κ3) is 6.56. The van der Waals surface area contributed by atoms with Crippen LogP contribution in [0.3, 0.4) is 0 Å². The molecule has 2 aromatic carbocycles. The van der Waals surface area contributed by atoms with Crippen molar-refractivity contribution < 1.29 is 23.1 Å². The Labute approximate surface area is 189 Å². The van der Waals surface area contributed by atoms with Gasteiger partial charge in [-0.1, -0.05) is 13.8 Å². The predicted octanol–water partition coefficient (Wildman–Crippen LogP) is 7.90. The van der Waals surface area contributed by atoms with Crippen LogP contribution in [-0.4, -0.2) is 20.3 Å². The lowest BCUT2D eigenvalue weighted by Gasteiger charge is -2.18. The summed E-state index contributed by atoms with van der Waals surface area (Å²) in [5, 5.41) is 0. The van der Waals surface area contributed by atoms with Crippen LogP contribution in [-0.2, 0) is 19.8 Å². The van der Waals surface area contributed by atoms with Crippen LogP contribution in [0.15, 0.2) is 39.3 Å². The van der Waals surface area contributed by atoms with E-state index in [4.69, 9.17) is 18.5 Å². The van der Waals surface area contributed by atoms with Crippen molar-refractivity contribution in [3.05, 3.63) is 50.4 Å². The van der Waals surface area contributed by atoms with Gasteiger partial charge in [-0.25, -0.2) is 0 Å². The fourth-order valence-corrected chi connectivity index (χ4v) is 6.01. The van der Waals surface area contributed by atoms with Gasteiger partial charge >= 0.3 is 7.60 Å². The Balaban J connectivity index is 2.30. The Hall–Kier alpha value is -0.850. The molecule has 0 heterocycles. The van der Waals surface area contributed by atoms with Crippen molar-refractivity contribution in [3.63, 3.8) is 0 Å². The highest BCUT2D eigenvalue weighted by Crippen LogP contribution is 2.52. The van der Waals surface area contributed by atoms with Gasteiger partial charge in [0.1, 0.15) is 11.5 Å². The lowest BCUT2D eigenvalue weighted by molar-refractivity contribution is 0.219. The largest absolute Gasteiger partial charge is 0.496 e. The van der Waals surface area contributed by atoms with Crippen molar-refractivity contribution in [1.29, 1.82) is 0 Å². The zero-order valence-electron chi connectivity index (χ0n) is 17.3. The summed E-state index contributed by atoms with van der Waals surface area (Å²) < 4.78 is 36.7. The van der Waals surface area contributed by atoms with Crippen molar-refractivity contribution in [2.45, 2.75) is 39.8 Å². The fourth-order valence-electron chi connectivity index (χ4n) is 2.89. The van der Waals surface area contributed by atoms with Gasteiger partial charge in [0.15, 0.2) is 5.75 Å². The van der Waals surface area contributed by atoms with Gasteiger partial charge < -0.3 is 18.5 Å². The predicted molar refractivity (Wildman–Crippen MR) is 124 cm³/mol. The summed E-state index contributed by atoms with van der Waals surface area (Å²) in [7, 11) is -1.52. The van der Waals surface area contributed by atoms with Crippen LogP contribution in [0.4, 0.5) is 0 Å². The molecule has 2 aromatic rings. The first-order valence-electron chi connectivity index (χ1n) is 9.44. The minimum Gasteiger partial charge on any atom is -0.496 e. The van der Waals surface area contributed by atoms with Crippen LogP contribution < -0.4 is 9.47 Å². The zero-order chi connectivity index (χ0) is 21.6. The first-order valence-corrected chi connectivity index (χ1v) is 12.8. The molecule has 0 unspecified atom stereocenters. The number of ether oxygens (including phenoxy) is 2. The van der Waals surface area contributed by atoms with Crippen LogP contribution >= 0.6 is 39.5 Å². The number of methoxy groups -OCH3 is 1. The average molecular weight is 550 g/mol. The van der Waals surface area contributed by atoms with Gasteiger partial charge in [0, 0.05) is 5.56 Å². The van der Waals surface area contributed by atoms with E-state index in [0.717, 1.165) is 25.8 Å². The third-order valence-electron chi connectivity index (χ3n) is 4.13. The van der Waals surface area contributed by atoms with Crippen molar-refractivity contribution >= 4 is 39.5 Å². The lowest BCUT2D eigenvalue weighted by atomic mass is 10.0. The normalized spacial score (nSPS) is 11.7. The number of rotatable bonds is 10. The molecule has 2 rings (SSSR count). The minimum absolute atomic E-state index is 0.187. The topological polar surface area (TPSA) is 54.0 Å². The second-order valence-corrected chi connectivity index (χ2v) is 10.4. The minimum atomic E-state index is -3.19. The Morgan fingerprint density at radius 3 is 2.07 bits per heavy atom. The summed E-state index contributed by atoms with van der Waals surface area (Å²) in [5.41, 5.74) is 1.89. The number of benzene rings is 2. The van der Waals surface area contributed by atoms with Crippen LogP contribution in [0.2, 0.25) is 0 Å². The first kappa shape index (κ1) is 24.4. The van der Waals surface area contributed by atoms with Crippen LogP contribution in [0, 0.1) is 0 Å². The van der Waals surface area contributed by atoms with E-state index < -0.39 is 7.60 Å². The summed E-state index contributed by atoms with van der Waals surface area (Å²) in [4.78, 5) is 0. The lowest BCUT2D eigenvalue weighted by Crippen LogP contribution is -2.00. The molecule has 0 saturated heterocycles. The average Bonchev–Trinajstić information content (AvgIpc) is 2.64. The molecule has 0 aromatic heterocycles. The maximum absolute atomic E-state index is 12.8. The van der Waals surface area contributed by atoms with E-state index in [1.54, 1.807) is 21.0 Å². The summed E-state index contributed by atoms with van der Waals surface area (Å²) in [6, 6.07) is 9.50. The molecule has 0 aliphatic carbocycles. The van der Waals surface area contributed by atoms with Gasteiger partial charge in [-0.3, -0.25) is 4.57 Å².